The number of rotatable bonds is 9. The summed E-state index contributed by atoms with van der Waals surface area (Å²) >= 11 is 0. The second kappa shape index (κ2) is 10.8. The molecular weight excluding hydrogens is 476 g/mol. The van der Waals surface area contributed by atoms with Crippen molar-refractivity contribution in [3.63, 3.8) is 0 Å². The molecule has 3 heterocycles. The SMILES string of the molecule is CCCN(c1ncccc1NC(C)C)C1CCN(C(=O)c2cc3cc(NS(C)(=O)=O)ccc3[nH]2)CC1. The molecular formula is C26H36N6O3S. The molecule has 194 valence electrons. The second-order valence-electron chi connectivity index (χ2n) is 9.75. The van der Waals surface area contributed by atoms with Crippen molar-refractivity contribution in [1.82, 2.24) is 14.9 Å². The Morgan fingerprint density at radius 2 is 1.97 bits per heavy atom. The number of likely N-dealkylation sites (tertiary alicyclic amines) is 1. The molecule has 3 aromatic rings. The van der Waals surface area contributed by atoms with Crippen molar-refractivity contribution in [3.05, 3.63) is 48.3 Å². The zero-order chi connectivity index (χ0) is 25.9. The fourth-order valence-corrected chi connectivity index (χ4v) is 5.38. The molecule has 1 aromatic carbocycles. The number of carbonyl (C=O) groups excluding carboxylic acids is 1. The quantitative estimate of drug-likeness (QED) is 0.395. The van der Waals surface area contributed by atoms with Gasteiger partial charge in [-0.15, -0.1) is 0 Å². The summed E-state index contributed by atoms with van der Waals surface area (Å²) in [6, 6.07) is 11.6. The van der Waals surface area contributed by atoms with E-state index >= 15 is 0 Å². The molecule has 0 unspecified atom stereocenters. The van der Waals surface area contributed by atoms with Crippen LogP contribution in [0.4, 0.5) is 17.2 Å². The molecule has 0 radical (unpaired) electrons. The van der Waals surface area contributed by atoms with Gasteiger partial charge in [0.15, 0.2) is 5.82 Å². The van der Waals surface area contributed by atoms with Crippen molar-refractivity contribution in [2.75, 3.05) is 40.8 Å². The van der Waals surface area contributed by atoms with Gasteiger partial charge in [0.25, 0.3) is 5.91 Å². The zero-order valence-electron chi connectivity index (χ0n) is 21.4. The van der Waals surface area contributed by atoms with Gasteiger partial charge in [-0.3, -0.25) is 9.52 Å². The molecule has 0 saturated carbocycles. The highest BCUT2D eigenvalue weighted by Gasteiger charge is 2.29. The van der Waals surface area contributed by atoms with Crippen molar-refractivity contribution >= 4 is 44.0 Å². The molecule has 1 aliphatic rings. The summed E-state index contributed by atoms with van der Waals surface area (Å²) < 4.78 is 25.6. The molecule has 10 heteroatoms. The van der Waals surface area contributed by atoms with Crippen LogP contribution in [0.2, 0.25) is 0 Å². The van der Waals surface area contributed by atoms with E-state index in [1.54, 1.807) is 24.3 Å². The molecule has 1 saturated heterocycles. The van der Waals surface area contributed by atoms with E-state index in [0.29, 0.717) is 36.6 Å². The molecule has 0 aliphatic carbocycles. The average Bonchev–Trinajstić information content (AvgIpc) is 3.25. The minimum absolute atomic E-state index is 0.0377. The molecule has 1 fully saturated rings. The first-order valence-electron chi connectivity index (χ1n) is 12.5. The van der Waals surface area contributed by atoms with E-state index in [0.717, 1.165) is 54.5 Å². The van der Waals surface area contributed by atoms with Gasteiger partial charge < -0.3 is 20.1 Å². The standard InChI is InChI=1S/C26H36N6O3S/c1-5-13-32(25-23(28-18(2)3)7-6-12-27-25)21-10-14-31(15-11-21)26(33)24-17-19-16-20(30-36(4,34)35)8-9-22(19)29-24/h6-9,12,16-18,21,28-30H,5,10-11,13-15H2,1-4H3. The van der Waals surface area contributed by atoms with Gasteiger partial charge >= 0.3 is 0 Å². The van der Waals surface area contributed by atoms with Gasteiger partial charge in [-0.1, -0.05) is 6.92 Å². The van der Waals surface area contributed by atoms with Crippen LogP contribution in [0.3, 0.4) is 0 Å². The van der Waals surface area contributed by atoms with Crippen LogP contribution >= 0.6 is 0 Å². The monoisotopic (exact) mass is 512 g/mol. The average molecular weight is 513 g/mol. The van der Waals surface area contributed by atoms with Gasteiger partial charge in [0, 0.05) is 54.5 Å². The highest BCUT2D eigenvalue weighted by molar-refractivity contribution is 7.92. The Hall–Kier alpha value is -3.27. The van der Waals surface area contributed by atoms with Crippen LogP contribution in [-0.4, -0.2) is 67.2 Å². The Bertz CT molecular complexity index is 1310. The van der Waals surface area contributed by atoms with Crippen molar-refractivity contribution in [2.24, 2.45) is 0 Å². The van der Waals surface area contributed by atoms with Crippen LogP contribution in [0, 0.1) is 0 Å². The second-order valence-corrected chi connectivity index (χ2v) is 11.5. The van der Waals surface area contributed by atoms with Gasteiger partial charge in [0.2, 0.25) is 10.0 Å². The largest absolute Gasteiger partial charge is 0.380 e. The van der Waals surface area contributed by atoms with E-state index < -0.39 is 10.0 Å². The molecule has 1 amide bonds. The summed E-state index contributed by atoms with van der Waals surface area (Å²) in [5.41, 5.74) is 2.82. The Kier molecular flexibility index (Phi) is 7.73. The maximum Gasteiger partial charge on any atom is 0.270 e. The van der Waals surface area contributed by atoms with E-state index in [2.05, 4.69) is 46.8 Å². The van der Waals surface area contributed by atoms with Gasteiger partial charge in [-0.25, -0.2) is 13.4 Å². The number of hydrogen-bond acceptors (Lipinski definition) is 6. The first-order valence-corrected chi connectivity index (χ1v) is 14.4. The Balaban J connectivity index is 1.46. The summed E-state index contributed by atoms with van der Waals surface area (Å²) in [5, 5.41) is 4.31. The normalized spacial score (nSPS) is 14.9. The maximum atomic E-state index is 13.3. The number of piperidine rings is 1. The molecule has 0 atom stereocenters. The van der Waals surface area contributed by atoms with Gasteiger partial charge in [0.05, 0.1) is 11.9 Å². The number of aromatic amines is 1. The van der Waals surface area contributed by atoms with Gasteiger partial charge in [-0.2, -0.15) is 0 Å². The van der Waals surface area contributed by atoms with Crippen LogP contribution in [0.1, 0.15) is 50.5 Å². The molecule has 1 aliphatic heterocycles. The fraction of sp³-hybridized carbons (Fsp3) is 0.462. The number of hydrogen-bond donors (Lipinski definition) is 3. The van der Waals surface area contributed by atoms with Crippen LogP contribution in [0.5, 0.6) is 0 Å². The number of carbonyl (C=O) groups is 1. The maximum absolute atomic E-state index is 13.3. The summed E-state index contributed by atoms with van der Waals surface area (Å²) in [6.45, 7) is 8.67. The number of fused-ring (bicyclic) bond motifs is 1. The molecule has 2 aromatic heterocycles. The predicted molar refractivity (Wildman–Crippen MR) is 146 cm³/mol. The number of H-pyrrole nitrogens is 1. The molecule has 0 spiro atoms. The lowest BCUT2D eigenvalue weighted by Gasteiger charge is -2.39. The summed E-state index contributed by atoms with van der Waals surface area (Å²) in [6.07, 6.45) is 5.71. The van der Waals surface area contributed by atoms with E-state index in [9.17, 15) is 13.2 Å². The fourth-order valence-electron chi connectivity index (χ4n) is 4.83. The number of pyridine rings is 1. The molecule has 36 heavy (non-hydrogen) atoms. The van der Waals surface area contributed by atoms with Crippen molar-refractivity contribution in [1.29, 1.82) is 0 Å². The molecule has 0 bridgehead atoms. The summed E-state index contributed by atoms with van der Waals surface area (Å²) in [7, 11) is -3.37. The zero-order valence-corrected chi connectivity index (χ0v) is 22.2. The van der Waals surface area contributed by atoms with E-state index in [1.807, 2.05) is 17.2 Å². The topological polar surface area (TPSA) is 110 Å². The number of amides is 1. The number of nitrogens with zero attached hydrogens (tertiary/aromatic N) is 3. The highest BCUT2D eigenvalue weighted by atomic mass is 32.2. The van der Waals surface area contributed by atoms with Crippen LogP contribution in [-0.2, 0) is 10.0 Å². The van der Waals surface area contributed by atoms with Crippen molar-refractivity contribution < 1.29 is 13.2 Å². The van der Waals surface area contributed by atoms with Crippen molar-refractivity contribution in [2.45, 2.75) is 52.1 Å². The lowest BCUT2D eigenvalue weighted by atomic mass is 10.0. The van der Waals surface area contributed by atoms with E-state index in [4.69, 9.17) is 4.98 Å². The number of sulfonamides is 1. The third kappa shape index (κ3) is 6.10. The number of nitrogens with one attached hydrogen (secondary N) is 3. The Labute approximate surface area is 213 Å². The predicted octanol–water partition coefficient (Wildman–Crippen LogP) is 4.28. The first kappa shape index (κ1) is 25.8. The summed E-state index contributed by atoms with van der Waals surface area (Å²) in [5.74, 6) is 0.941. The number of aromatic nitrogens is 2. The smallest absolute Gasteiger partial charge is 0.270 e. The molecule has 4 rings (SSSR count). The minimum atomic E-state index is -3.37. The van der Waals surface area contributed by atoms with Gasteiger partial charge in [-0.05, 0) is 69.5 Å². The lowest BCUT2D eigenvalue weighted by Crippen LogP contribution is -2.47. The minimum Gasteiger partial charge on any atom is -0.380 e. The van der Waals surface area contributed by atoms with Gasteiger partial charge in [0.1, 0.15) is 5.69 Å². The number of anilines is 3. The Morgan fingerprint density at radius 1 is 1.22 bits per heavy atom. The summed E-state index contributed by atoms with van der Waals surface area (Å²) in [4.78, 5) is 25.5. The highest BCUT2D eigenvalue weighted by Crippen LogP contribution is 2.30. The lowest BCUT2D eigenvalue weighted by molar-refractivity contribution is 0.0707. The van der Waals surface area contributed by atoms with Crippen LogP contribution in [0.25, 0.3) is 10.9 Å². The first-order chi connectivity index (χ1) is 17.1. The Morgan fingerprint density at radius 3 is 2.64 bits per heavy atom. The van der Waals surface area contributed by atoms with Crippen molar-refractivity contribution in [3.8, 4) is 0 Å². The van der Waals surface area contributed by atoms with E-state index in [-0.39, 0.29) is 5.91 Å². The van der Waals surface area contributed by atoms with Crippen LogP contribution in [0.15, 0.2) is 42.6 Å². The third-order valence-corrected chi connectivity index (χ3v) is 6.92. The number of benzene rings is 1. The van der Waals surface area contributed by atoms with Crippen LogP contribution < -0.4 is 14.9 Å². The molecule has 9 nitrogen and oxygen atoms in total. The van der Waals surface area contributed by atoms with E-state index in [1.165, 1.54) is 0 Å². The third-order valence-electron chi connectivity index (χ3n) is 6.31. The molecule has 3 N–H and O–H groups in total.